The Bertz CT molecular complexity index is 837. The molecule has 0 aliphatic heterocycles. The summed E-state index contributed by atoms with van der Waals surface area (Å²) < 4.78 is 32.4. The van der Waals surface area contributed by atoms with Gasteiger partial charge in [-0.1, -0.05) is 12.1 Å². The fourth-order valence-corrected chi connectivity index (χ4v) is 4.11. The normalized spacial score (nSPS) is 10.9. The van der Waals surface area contributed by atoms with Crippen molar-refractivity contribution in [3.63, 3.8) is 0 Å². The molecule has 8 heteroatoms. The number of ether oxygens (including phenoxy) is 1. The highest BCUT2D eigenvalue weighted by atomic mass is 79.9. The number of rotatable bonds is 4. The molecule has 6 nitrogen and oxygen atoms in total. The zero-order valence-corrected chi connectivity index (χ0v) is 14.9. The fraction of sp³-hybridized carbons (Fsp3) is 0.133. The van der Waals surface area contributed by atoms with E-state index in [0.29, 0.717) is 15.8 Å². The first-order valence-corrected chi connectivity index (χ1v) is 8.83. The minimum atomic E-state index is -3.75. The van der Waals surface area contributed by atoms with E-state index in [0.717, 1.165) is 5.56 Å². The summed E-state index contributed by atoms with van der Waals surface area (Å²) in [4.78, 5) is 11.3. The average Bonchev–Trinajstić information content (AvgIpc) is 2.46. The summed E-state index contributed by atoms with van der Waals surface area (Å²) in [6.45, 7) is 1.87. The van der Waals surface area contributed by atoms with E-state index in [4.69, 9.17) is 0 Å². The molecule has 0 aromatic heterocycles. The Morgan fingerprint density at radius 1 is 1.13 bits per heavy atom. The second-order valence-corrected chi connectivity index (χ2v) is 7.24. The van der Waals surface area contributed by atoms with Crippen LogP contribution < -0.4 is 10.0 Å². The van der Waals surface area contributed by atoms with Crippen LogP contribution in [0.15, 0.2) is 51.8 Å². The van der Waals surface area contributed by atoms with E-state index >= 15 is 0 Å². The van der Waals surface area contributed by atoms with Crippen LogP contribution in [0.4, 0.5) is 16.2 Å². The number of hydrogen-bond donors (Lipinski definition) is 2. The molecular formula is C15H15BrN2O4S. The van der Waals surface area contributed by atoms with Crippen LogP contribution in [-0.2, 0) is 14.8 Å². The minimum absolute atomic E-state index is 0.134. The molecule has 0 atom stereocenters. The smallest absolute Gasteiger partial charge is 0.411 e. The van der Waals surface area contributed by atoms with Crippen molar-refractivity contribution in [2.75, 3.05) is 17.1 Å². The molecule has 0 aliphatic rings. The Labute approximate surface area is 143 Å². The van der Waals surface area contributed by atoms with Crippen molar-refractivity contribution in [2.45, 2.75) is 11.8 Å². The van der Waals surface area contributed by atoms with E-state index in [1.807, 2.05) is 6.92 Å². The van der Waals surface area contributed by atoms with Gasteiger partial charge in [-0.3, -0.25) is 10.0 Å². The maximum absolute atomic E-state index is 12.5. The topological polar surface area (TPSA) is 84.5 Å². The molecular weight excluding hydrogens is 384 g/mol. The highest BCUT2D eigenvalue weighted by molar-refractivity contribution is 9.10. The Hall–Kier alpha value is -2.06. The van der Waals surface area contributed by atoms with E-state index in [1.54, 1.807) is 30.3 Å². The van der Waals surface area contributed by atoms with Crippen molar-refractivity contribution in [3.05, 3.63) is 52.5 Å². The first kappa shape index (κ1) is 17.3. The van der Waals surface area contributed by atoms with Crippen molar-refractivity contribution in [3.8, 4) is 0 Å². The van der Waals surface area contributed by atoms with E-state index in [1.165, 1.54) is 19.2 Å². The lowest BCUT2D eigenvalue weighted by atomic mass is 10.2. The summed E-state index contributed by atoms with van der Waals surface area (Å²) in [5, 5.41) is 2.47. The summed E-state index contributed by atoms with van der Waals surface area (Å²) in [7, 11) is -2.51. The number of sulfonamides is 1. The molecule has 2 aromatic rings. The van der Waals surface area contributed by atoms with Crippen LogP contribution in [-0.4, -0.2) is 21.6 Å². The largest absolute Gasteiger partial charge is 0.453 e. The van der Waals surface area contributed by atoms with E-state index in [9.17, 15) is 13.2 Å². The lowest BCUT2D eigenvalue weighted by Crippen LogP contribution is -2.14. The van der Waals surface area contributed by atoms with Gasteiger partial charge in [0.1, 0.15) is 4.90 Å². The van der Waals surface area contributed by atoms with Crippen molar-refractivity contribution in [1.82, 2.24) is 0 Å². The van der Waals surface area contributed by atoms with Gasteiger partial charge in [-0.05, 0) is 58.7 Å². The summed E-state index contributed by atoms with van der Waals surface area (Å²) in [6.07, 6.45) is -0.633. The number of aryl methyl sites for hydroxylation is 1. The summed E-state index contributed by atoms with van der Waals surface area (Å²) in [5.41, 5.74) is 1.69. The van der Waals surface area contributed by atoms with Crippen LogP contribution >= 0.6 is 15.9 Å². The summed E-state index contributed by atoms with van der Waals surface area (Å²) in [6, 6.07) is 11.3. The van der Waals surface area contributed by atoms with Crippen molar-refractivity contribution >= 4 is 43.4 Å². The van der Waals surface area contributed by atoms with Gasteiger partial charge in [0.25, 0.3) is 10.0 Å². The average molecular weight is 399 g/mol. The molecule has 0 saturated carbocycles. The number of halogens is 1. The second kappa shape index (κ2) is 7.01. The third-order valence-electron chi connectivity index (χ3n) is 2.92. The first-order chi connectivity index (χ1) is 10.8. The standard InChI is InChI=1S/C15H15BrN2O4S/c1-10-6-7-14(13(16)8-10)23(20,21)18-12-5-3-4-11(9-12)17-15(19)22-2/h3-9,18H,1-2H3,(H,17,19). The van der Waals surface area contributed by atoms with Gasteiger partial charge in [-0.25, -0.2) is 13.2 Å². The number of amides is 1. The zero-order valence-electron chi connectivity index (χ0n) is 12.5. The number of anilines is 2. The molecule has 2 aromatic carbocycles. The highest BCUT2D eigenvalue weighted by Gasteiger charge is 2.18. The number of hydrogen-bond acceptors (Lipinski definition) is 4. The number of methoxy groups -OCH3 is 1. The van der Waals surface area contributed by atoms with Crippen molar-refractivity contribution in [1.29, 1.82) is 0 Å². The monoisotopic (exact) mass is 398 g/mol. The van der Waals surface area contributed by atoms with Gasteiger partial charge in [-0.2, -0.15) is 0 Å². The van der Waals surface area contributed by atoms with Gasteiger partial charge < -0.3 is 4.74 Å². The second-order valence-electron chi connectivity index (χ2n) is 4.74. The fourth-order valence-electron chi connectivity index (χ4n) is 1.86. The minimum Gasteiger partial charge on any atom is -0.453 e. The lowest BCUT2D eigenvalue weighted by Gasteiger charge is -2.11. The van der Waals surface area contributed by atoms with Crippen LogP contribution in [0, 0.1) is 6.92 Å². The Kier molecular flexibility index (Phi) is 5.27. The molecule has 2 N–H and O–H groups in total. The first-order valence-electron chi connectivity index (χ1n) is 6.56. The van der Waals surface area contributed by atoms with Gasteiger partial charge >= 0.3 is 6.09 Å². The Balaban J connectivity index is 2.27. The Morgan fingerprint density at radius 2 is 1.83 bits per heavy atom. The van der Waals surface area contributed by atoms with Gasteiger partial charge in [0.05, 0.1) is 12.8 Å². The molecule has 0 bridgehead atoms. The van der Waals surface area contributed by atoms with Crippen LogP contribution in [0.3, 0.4) is 0 Å². The number of benzene rings is 2. The number of carbonyl (C=O) groups is 1. The van der Waals surface area contributed by atoms with Gasteiger partial charge in [0.15, 0.2) is 0 Å². The predicted octanol–water partition coefficient (Wildman–Crippen LogP) is 3.74. The van der Waals surface area contributed by atoms with Gasteiger partial charge in [0.2, 0.25) is 0 Å². The maximum Gasteiger partial charge on any atom is 0.411 e. The number of nitrogens with one attached hydrogen (secondary N) is 2. The summed E-state index contributed by atoms with van der Waals surface area (Å²) >= 11 is 3.26. The number of carbonyl (C=O) groups excluding carboxylic acids is 1. The van der Waals surface area contributed by atoms with Crippen LogP contribution in [0.1, 0.15) is 5.56 Å². The predicted molar refractivity (Wildman–Crippen MR) is 92.2 cm³/mol. The highest BCUT2D eigenvalue weighted by Crippen LogP contribution is 2.26. The van der Waals surface area contributed by atoms with E-state index in [-0.39, 0.29) is 4.90 Å². The van der Waals surface area contributed by atoms with Crippen LogP contribution in [0.2, 0.25) is 0 Å². The third-order valence-corrected chi connectivity index (χ3v) is 5.28. The van der Waals surface area contributed by atoms with Crippen LogP contribution in [0.5, 0.6) is 0 Å². The molecule has 0 fully saturated rings. The molecule has 1 amide bonds. The molecule has 2 rings (SSSR count). The summed E-state index contributed by atoms with van der Waals surface area (Å²) in [5.74, 6) is 0. The molecule has 0 spiro atoms. The quantitative estimate of drug-likeness (QED) is 0.821. The third kappa shape index (κ3) is 4.46. The SMILES string of the molecule is COC(=O)Nc1cccc(NS(=O)(=O)c2ccc(C)cc2Br)c1. The Morgan fingerprint density at radius 3 is 2.48 bits per heavy atom. The molecule has 0 heterocycles. The zero-order chi connectivity index (χ0) is 17.0. The van der Waals surface area contributed by atoms with Crippen molar-refractivity contribution < 1.29 is 17.9 Å². The molecule has 0 unspecified atom stereocenters. The van der Waals surface area contributed by atoms with Gasteiger partial charge in [0, 0.05) is 10.2 Å². The molecule has 122 valence electrons. The maximum atomic E-state index is 12.5. The van der Waals surface area contributed by atoms with E-state index in [2.05, 4.69) is 30.7 Å². The molecule has 0 saturated heterocycles. The van der Waals surface area contributed by atoms with Crippen molar-refractivity contribution in [2.24, 2.45) is 0 Å². The molecule has 0 radical (unpaired) electrons. The van der Waals surface area contributed by atoms with Crippen LogP contribution in [0.25, 0.3) is 0 Å². The molecule has 0 aliphatic carbocycles. The lowest BCUT2D eigenvalue weighted by molar-refractivity contribution is 0.187. The van der Waals surface area contributed by atoms with Gasteiger partial charge in [-0.15, -0.1) is 0 Å². The molecule has 23 heavy (non-hydrogen) atoms. The van der Waals surface area contributed by atoms with E-state index < -0.39 is 16.1 Å².